The Bertz CT molecular complexity index is 2130. The fraction of sp³-hybridized carbons (Fsp3) is 0.489. The molecular formula is C47H60N7O10P. The Morgan fingerprint density at radius 2 is 1.51 bits per heavy atom. The third-order valence-corrected chi connectivity index (χ3v) is 13.1. The number of hydrogen-bond donors (Lipinski definition) is 1. The Balaban J connectivity index is 1.49. The summed E-state index contributed by atoms with van der Waals surface area (Å²) in [6, 6.07) is 26.4. The molecule has 3 heterocycles. The van der Waals surface area contributed by atoms with Gasteiger partial charge in [0, 0.05) is 25.1 Å². The van der Waals surface area contributed by atoms with Crippen LogP contribution in [0.15, 0.2) is 93.8 Å². The summed E-state index contributed by atoms with van der Waals surface area (Å²) in [5.41, 5.74) is 1.25. The minimum absolute atomic E-state index is 0.0298. The molecule has 0 aromatic heterocycles. The number of nitrogens with one attached hydrogen (secondary N) is 1. The SMILES string of the molecule is COCCO[C@H]1[C@@H](OP(OCCC#N)N(C(C)C)C(C)C)[C@H](N2C=NC3C(=O)NC(=NC(=O)C(C)C)N=C32)O[C@@H]1COC(c1ccccc1)(c1ccc(OC)cc1)c1ccc(OC)cc1. The van der Waals surface area contributed by atoms with E-state index in [0.717, 1.165) is 16.7 Å². The molecule has 0 aliphatic carbocycles. The van der Waals surface area contributed by atoms with E-state index >= 15 is 0 Å². The molecule has 2 unspecified atom stereocenters. The van der Waals surface area contributed by atoms with E-state index in [1.165, 1.54) is 6.34 Å². The van der Waals surface area contributed by atoms with Crippen LogP contribution >= 0.6 is 8.53 Å². The molecule has 2 amide bonds. The van der Waals surface area contributed by atoms with E-state index < -0.39 is 62.4 Å². The van der Waals surface area contributed by atoms with Crippen molar-refractivity contribution in [2.24, 2.45) is 20.9 Å². The van der Waals surface area contributed by atoms with E-state index in [1.807, 2.05) is 107 Å². The van der Waals surface area contributed by atoms with Crippen LogP contribution in [0.5, 0.6) is 11.5 Å². The van der Waals surface area contributed by atoms with Crippen molar-refractivity contribution in [3.05, 3.63) is 95.6 Å². The first-order chi connectivity index (χ1) is 31.4. The summed E-state index contributed by atoms with van der Waals surface area (Å²) < 4.78 is 53.5. The van der Waals surface area contributed by atoms with Gasteiger partial charge < -0.3 is 37.5 Å². The number of carbonyl (C=O) groups excluding carboxylic acids is 2. The van der Waals surface area contributed by atoms with Gasteiger partial charge in [-0.25, -0.2) is 4.67 Å². The predicted molar refractivity (Wildman–Crippen MR) is 246 cm³/mol. The summed E-state index contributed by atoms with van der Waals surface area (Å²) >= 11 is 0. The van der Waals surface area contributed by atoms with Gasteiger partial charge in [0.15, 0.2) is 18.1 Å². The lowest BCUT2D eigenvalue weighted by atomic mass is 9.80. The van der Waals surface area contributed by atoms with Crippen LogP contribution in [0.2, 0.25) is 0 Å². The normalized spacial score (nSPS) is 21.8. The fourth-order valence-corrected chi connectivity index (χ4v) is 9.57. The number of benzene rings is 3. The Labute approximate surface area is 382 Å². The van der Waals surface area contributed by atoms with E-state index in [0.29, 0.717) is 11.5 Å². The van der Waals surface area contributed by atoms with Crippen LogP contribution in [0, 0.1) is 17.2 Å². The number of methoxy groups -OCH3 is 3. The number of amides is 2. The van der Waals surface area contributed by atoms with Crippen LogP contribution in [-0.2, 0) is 43.2 Å². The van der Waals surface area contributed by atoms with Crippen LogP contribution in [-0.4, -0.2) is 130 Å². The number of aliphatic imine (C=N–C) groups is 3. The summed E-state index contributed by atoms with van der Waals surface area (Å²) in [6.07, 6.45) is -2.04. The zero-order valence-electron chi connectivity index (χ0n) is 38.5. The largest absolute Gasteiger partial charge is 0.497 e. The number of nitriles is 1. The van der Waals surface area contributed by atoms with Crippen LogP contribution in [0.1, 0.15) is 64.7 Å². The van der Waals surface area contributed by atoms with E-state index in [2.05, 4.69) is 31.0 Å². The number of amidine groups is 1. The van der Waals surface area contributed by atoms with Crippen LogP contribution in [0.4, 0.5) is 0 Å². The quantitative estimate of drug-likeness (QED) is 0.0682. The van der Waals surface area contributed by atoms with Crippen molar-refractivity contribution >= 4 is 38.5 Å². The number of guanidine groups is 1. The first-order valence-electron chi connectivity index (χ1n) is 21.7. The number of rotatable bonds is 22. The van der Waals surface area contributed by atoms with Crippen molar-refractivity contribution in [3.8, 4) is 17.6 Å². The molecule has 348 valence electrons. The van der Waals surface area contributed by atoms with E-state index in [-0.39, 0.29) is 56.7 Å². The van der Waals surface area contributed by atoms with E-state index in [4.69, 9.17) is 37.5 Å². The number of hydrogen-bond acceptors (Lipinski definition) is 14. The van der Waals surface area contributed by atoms with Crippen molar-refractivity contribution in [2.45, 2.75) is 96.2 Å². The average Bonchev–Trinajstić information content (AvgIpc) is 3.88. The molecule has 1 N–H and O–H groups in total. The highest BCUT2D eigenvalue weighted by Crippen LogP contribution is 2.51. The first-order valence-corrected chi connectivity index (χ1v) is 22.8. The minimum atomic E-state index is -1.87. The van der Waals surface area contributed by atoms with Crippen molar-refractivity contribution in [2.75, 3.05) is 47.8 Å². The highest BCUT2D eigenvalue weighted by atomic mass is 31.2. The maximum atomic E-state index is 13.5. The molecule has 18 heteroatoms. The summed E-state index contributed by atoms with van der Waals surface area (Å²) in [4.78, 5) is 41.2. The van der Waals surface area contributed by atoms with E-state index in [1.54, 1.807) is 40.1 Å². The zero-order valence-corrected chi connectivity index (χ0v) is 39.3. The molecule has 17 nitrogen and oxygen atoms in total. The molecule has 0 bridgehead atoms. The molecule has 0 spiro atoms. The maximum absolute atomic E-state index is 13.5. The standard InChI is InChI=1S/C47H60N7O10P/c1-30(2)43(55)51-46-50-42-39(44(56)52-46)49-29-53(42)45-41(64-65(62-25-13-24-48)54(31(3)4)32(5)6)40(60-27-26-57-7)38(63-45)28-61-47(33-14-11-10-12-15-33,34-16-20-36(58-8)21-17-34)35-18-22-37(59-9)23-19-35/h10-12,14-23,29-32,38-41,45H,13,25-28H2,1-9H3,(H,51,52,55,56)/t38-,39?,40-,41-,45-,65?/m1/s1. The minimum Gasteiger partial charge on any atom is -0.497 e. The van der Waals surface area contributed by atoms with Gasteiger partial charge in [-0.2, -0.15) is 15.2 Å². The summed E-state index contributed by atoms with van der Waals surface area (Å²) in [5.74, 6) is -0.000770. The summed E-state index contributed by atoms with van der Waals surface area (Å²) in [7, 11) is 2.96. The van der Waals surface area contributed by atoms with Gasteiger partial charge >= 0.3 is 0 Å². The van der Waals surface area contributed by atoms with Crippen LogP contribution in [0.3, 0.4) is 0 Å². The number of ether oxygens (including phenoxy) is 6. The van der Waals surface area contributed by atoms with E-state index in [9.17, 15) is 14.9 Å². The van der Waals surface area contributed by atoms with Gasteiger partial charge in [-0.15, -0.1) is 0 Å². The van der Waals surface area contributed by atoms with Gasteiger partial charge in [-0.05, 0) is 68.7 Å². The molecule has 3 aliphatic heterocycles. The van der Waals surface area contributed by atoms with Crippen molar-refractivity contribution < 1.29 is 47.1 Å². The highest BCUT2D eigenvalue weighted by Gasteiger charge is 2.55. The molecule has 1 saturated heterocycles. The summed E-state index contributed by atoms with van der Waals surface area (Å²) in [6.45, 7) is 12.1. The third kappa shape index (κ3) is 11.3. The molecule has 0 radical (unpaired) electrons. The topological polar surface area (TPSA) is 187 Å². The Hall–Kier alpha value is -5.15. The second kappa shape index (κ2) is 22.8. The lowest BCUT2D eigenvalue weighted by molar-refractivity contribution is -0.120. The highest BCUT2D eigenvalue weighted by molar-refractivity contribution is 7.44. The van der Waals surface area contributed by atoms with Crippen molar-refractivity contribution in [3.63, 3.8) is 0 Å². The Kier molecular flexibility index (Phi) is 17.3. The Morgan fingerprint density at radius 1 is 0.892 bits per heavy atom. The fourth-order valence-electron chi connectivity index (χ4n) is 7.83. The van der Waals surface area contributed by atoms with Crippen LogP contribution < -0.4 is 14.8 Å². The molecule has 1 fully saturated rings. The van der Waals surface area contributed by atoms with Gasteiger partial charge in [0.05, 0.1) is 59.5 Å². The monoisotopic (exact) mass is 913 g/mol. The molecule has 6 rings (SSSR count). The summed E-state index contributed by atoms with van der Waals surface area (Å²) in [5, 5.41) is 12.1. The van der Waals surface area contributed by atoms with Crippen molar-refractivity contribution in [1.29, 1.82) is 5.26 Å². The van der Waals surface area contributed by atoms with Gasteiger partial charge in [0.2, 0.25) is 5.96 Å². The molecule has 3 aliphatic rings. The van der Waals surface area contributed by atoms with Gasteiger partial charge in [-0.3, -0.25) is 24.8 Å². The molecule has 3 aromatic carbocycles. The maximum Gasteiger partial charge on any atom is 0.259 e. The van der Waals surface area contributed by atoms with Gasteiger partial charge in [0.25, 0.3) is 20.3 Å². The third-order valence-electron chi connectivity index (χ3n) is 10.9. The number of nitrogens with zero attached hydrogens (tertiary/aromatic N) is 6. The lowest BCUT2D eigenvalue weighted by Gasteiger charge is -2.39. The van der Waals surface area contributed by atoms with Gasteiger partial charge in [0.1, 0.15) is 35.4 Å². The zero-order chi connectivity index (χ0) is 46.7. The molecule has 6 atom stereocenters. The smallest absolute Gasteiger partial charge is 0.259 e. The molecular weight excluding hydrogens is 854 g/mol. The van der Waals surface area contributed by atoms with Gasteiger partial charge in [-0.1, -0.05) is 68.4 Å². The molecule has 3 aromatic rings. The number of carbonyl (C=O) groups is 2. The predicted octanol–water partition coefficient (Wildman–Crippen LogP) is 6.21. The first kappa shape index (κ1) is 49.3. The second-order valence-electron chi connectivity index (χ2n) is 16.3. The average molecular weight is 914 g/mol. The van der Waals surface area contributed by atoms with Crippen molar-refractivity contribution in [1.82, 2.24) is 14.9 Å². The number of fused-ring (bicyclic) bond motifs is 1. The molecule has 65 heavy (non-hydrogen) atoms. The molecule has 0 saturated carbocycles. The lowest BCUT2D eigenvalue weighted by Crippen LogP contribution is -2.54. The second-order valence-corrected chi connectivity index (χ2v) is 17.7. The Morgan fingerprint density at radius 3 is 2.06 bits per heavy atom. The van der Waals surface area contributed by atoms with Crippen LogP contribution in [0.25, 0.3) is 0 Å².